The second kappa shape index (κ2) is 10.5. The highest BCUT2D eigenvalue weighted by Crippen LogP contribution is 2.37. The largest absolute Gasteiger partial charge is 0.507 e. The summed E-state index contributed by atoms with van der Waals surface area (Å²) in [6.45, 7) is 12.5. The average Bonchev–Trinajstić information content (AvgIpc) is 2.73. The van der Waals surface area contributed by atoms with E-state index in [9.17, 15) is 10.2 Å². The molecular formula is C28H36Br2N2O2. The van der Waals surface area contributed by atoms with Crippen LogP contribution in [-0.4, -0.2) is 34.7 Å². The average molecular weight is 592 g/mol. The molecular weight excluding hydrogens is 556 g/mol. The van der Waals surface area contributed by atoms with E-state index in [0.29, 0.717) is 11.1 Å². The van der Waals surface area contributed by atoms with Crippen LogP contribution < -0.4 is 0 Å². The molecule has 0 radical (unpaired) electrons. The van der Waals surface area contributed by atoms with Crippen LogP contribution in [-0.2, 0) is 10.8 Å². The van der Waals surface area contributed by atoms with Gasteiger partial charge in [-0.25, -0.2) is 0 Å². The van der Waals surface area contributed by atoms with Gasteiger partial charge in [-0.05, 0) is 47.9 Å². The topological polar surface area (TPSA) is 65.2 Å². The molecule has 0 amide bonds. The smallest absolute Gasteiger partial charge is 0.128 e. The lowest BCUT2D eigenvalue weighted by Crippen LogP contribution is -2.27. The van der Waals surface area contributed by atoms with Crippen LogP contribution in [0.1, 0.15) is 89.5 Å². The van der Waals surface area contributed by atoms with Crippen LogP contribution in [0.3, 0.4) is 0 Å². The fourth-order valence-corrected chi connectivity index (χ4v) is 5.32. The van der Waals surface area contributed by atoms with Crippen LogP contribution in [0.15, 0.2) is 43.2 Å². The molecule has 0 aromatic heterocycles. The van der Waals surface area contributed by atoms with Crippen molar-refractivity contribution >= 4 is 44.3 Å². The van der Waals surface area contributed by atoms with Gasteiger partial charge in [-0.15, -0.1) is 0 Å². The van der Waals surface area contributed by atoms with Gasteiger partial charge < -0.3 is 10.2 Å². The van der Waals surface area contributed by atoms with Gasteiger partial charge in [0.25, 0.3) is 0 Å². The first kappa shape index (κ1) is 26.9. The molecule has 2 aromatic carbocycles. The zero-order chi connectivity index (χ0) is 25.3. The Morgan fingerprint density at radius 2 is 1.06 bits per heavy atom. The summed E-state index contributed by atoms with van der Waals surface area (Å²) >= 11 is 7.15. The molecule has 2 atom stereocenters. The third kappa shape index (κ3) is 6.51. The standard InChI is InChI=1S/C28H36Br2N2O2/c1-27(2,3)21-13-19(29)11-17(25(21)33)15-31-23-9-7-8-10-24(23)32-16-18-12-20(30)14-22(26(18)34)28(4,5)6/h11-16,23-24,33-34H,7-10H2,1-6H3. The second-order valence-electron chi connectivity index (χ2n) is 11.3. The molecule has 0 spiro atoms. The SMILES string of the molecule is CC(C)(C)c1cc(Br)cc(C=NC2CCCCC2N=Cc2cc(Br)cc(C(C)(C)C)c2O)c1O. The van der Waals surface area contributed by atoms with E-state index in [0.717, 1.165) is 45.8 Å². The molecule has 6 heteroatoms. The van der Waals surface area contributed by atoms with E-state index in [-0.39, 0.29) is 34.4 Å². The number of hydrogen-bond acceptors (Lipinski definition) is 4. The minimum Gasteiger partial charge on any atom is -0.507 e. The molecule has 0 heterocycles. The number of phenols is 2. The lowest BCUT2D eigenvalue weighted by atomic mass is 9.85. The van der Waals surface area contributed by atoms with Gasteiger partial charge in [0.15, 0.2) is 0 Å². The minimum atomic E-state index is -0.175. The summed E-state index contributed by atoms with van der Waals surface area (Å²) in [5, 5.41) is 21.7. The van der Waals surface area contributed by atoms with E-state index < -0.39 is 0 Å². The highest BCUT2D eigenvalue weighted by molar-refractivity contribution is 9.10. The summed E-state index contributed by atoms with van der Waals surface area (Å²) in [7, 11) is 0. The summed E-state index contributed by atoms with van der Waals surface area (Å²) < 4.78 is 1.85. The Hall–Kier alpha value is -1.66. The van der Waals surface area contributed by atoms with E-state index in [1.54, 1.807) is 12.4 Å². The maximum Gasteiger partial charge on any atom is 0.128 e. The van der Waals surface area contributed by atoms with Crippen molar-refractivity contribution in [1.29, 1.82) is 0 Å². The van der Waals surface area contributed by atoms with Crippen LogP contribution in [0.5, 0.6) is 11.5 Å². The Morgan fingerprint density at radius 3 is 1.38 bits per heavy atom. The van der Waals surface area contributed by atoms with E-state index >= 15 is 0 Å². The molecule has 2 unspecified atom stereocenters. The van der Waals surface area contributed by atoms with Crippen molar-refractivity contribution < 1.29 is 10.2 Å². The van der Waals surface area contributed by atoms with Gasteiger partial charge in [0.1, 0.15) is 11.5 Å². The summed E-state index contributed by atoms with van der Waals surface area (Å²) in [6, 6.07) is 7.83. The molecule has 0 saturated heterocycles. The molecule has 184 valence electrons. The van der Waals surface area contributed by atoms with Gasteiger partial charge in [0.2, 0.25) is 0 Å². The summed E-state index contributed by atoms with van der Waals surface area (Å²) in [5.74, 6) is 0.563. The monoisotopic (exact) mass is 590 g/mol. The predicted octanol–water partition coefficient (Wildman–Crippen LogP) is 8.07. The van der Waals surface area contributed by atoms with Crippen molar-refractivity contribution in [2.75, 3.05) is 0 Å². The van der Waals surface area contributed by atoms with Crippen LogP contribution in [0.4, 0.5) is 0 Å². The van der Waals surface area contributed by atoms with E-state index in [1.807, 2.05) is 24.3 Å². The van der Waals surface area contributed by atoms with Crippen LogP contribution in [0, 0.1) is 0 Å². The molecule has 1 aliphatic rings. The van der Waals surface area contributed by atoms with Crippen molar-refractivity contribution in [2.24, 2.45) is 9.98 Å². The number of halogens is 2. The zero-order valence-electron chi connectivity index (χ0n) is 21.0. The quantitative estimate of drug-likeness (QED) is 0.353. The third-order valence-electron chi connectivity index (χ3n) is 6.33. The van der Waals surface area contributed by atoms with Gasteiger partial charge in [-0.3, -0.25) is 9.98 Å². The Morgan fingerprint density at radius 1 is 0.706 bits per heavy atom. The first-order valence-electron chi connectivity index (χ1n) is 11.9. The summed E-state index contributed by atoms with van der Waals surface area (Å²) in [5.41, 5.74) is 2.86. The molecule has 3 rings (SSSR count). The first-order chi connectivity index (χ1) is 15.8. The molecule has 2 aromatic rings. The van der Waals surface area contributed by atoms with Gasteiger partial charge in [-0.2, -0.15) is 0 Å². The van der Waals surface area contributed by atoms with Gasteiger partial charge in [-0.1, -0.05) is 86.2 Å². The first-order valence-corrected chi connectivity index (χ1v) is 13.5. The van der Waals surface area contributed by atoms with Crippen LogP contribution >= 0.6 is 31.9 Å². The van der Waals surface area contributed by atoms with Crippen molar-refractivity contribution in [3.05, 3.63) is 55.5 Å². The highest BCUT2D eigenvalue weighted by Gasteiger charge is 2.25. The third-order valence-corrected chi connectivity index (χ3v) is 7.24. The Bertz CT molecular complexity index is 1010. The van der Waals surface area contributed by atoms with Gasteiger partial charge >= 0.3 is 0 Å². The molecule has 1 fully saturated rings. The zero-order valence-corrected chi connectivity index (χ0v) is 24.2. The molecule has 1 aliphatic carbocycles. The molecule has 2 N–H and O–H groups in total. The Labute approximate surface area is 220 Å². The van der Waals surface area contributed by atoms with Gasteiger partial charge in [0, 0.05) is 43.6 Å². The Balaban J connectivity index is 1.88. The second-order valence-corrected chi connectivity index (χ2v) is 13.1. The molecule has 1 saturated carbocycles. The lowest BCUT2D eigenvalue weighted by Gasteiger charge is -2.26. The van der Waals surface area contributed by atoms with Crippen molar-refractivity contribution in [1.82, 2.24) is 0 Å². The number of aliphatic imine (C=N–C) groups is 2. The fourth-order valence-electron chi connectivity index (χ4n) is 4.37. The molecule has 0 bridgehead atoms. The lowest BCUT2D eigenvalue weighted by molar-refractivity contribution is 0.390. The van der Waals surface area contributed by atoms with Gasteiger partial charge in [0.05, 0.1) is 12.1 Å². The number of aromatic hydroxyl groups is 2. The van der Waals surface area contributed by atoms with Crippen molar-refractivity contribution in [3.63, 3.8) is 0 Å². The normalized spacial score (nSPS) is 19.9. The molecule has 4 nitrogen and oxygen atoms in total. The maximum atomic E-state index is 10.9. The van der Waals surface area contributed by atoms with Crippen molar-refractivity contribution in [2.45, 2.75) is 90.1 Å². The maximum absolute atomic E-state index is 10.9. The van der Waals surface area contributed by atoms with Crippen molar-refractivity contribution in [3.8, 4) is 11.5 Å². The predicted molar refractivity (Wildman–Crippen MR) is 150 cm³/mol. The number of rotatable bonds is 4. The van der Waals surface area contributed by atoms with E-state index in [2.05, 4.69) is 73.4 Å². The van der Waals surface area contributed by atoms with E-state index in [1.165, 1.54) is 0 Å². The number of phenolic OH excluding ortho intramolecular Hbond substituents is 2. The fraction of sp³-hybridized carbons (Fsp3) is 0.500. The van der Waals surface area contributed by atoms with E-state index in [4.69, 9.17) is 9.98 Å². The number of hydrogen-bond donors (Lipinski definition) is 2. The minimum absolute atomic E-state index is 0.0397. The molecule has 34 heavy (non-hydrogen) atoms. The number of benzene rings is 2. The highest BCUT2D eigenvalue weighted by atomic mass is 79.9. The summed E-state index contributed by atoms with van der Waals surface area (Å²) in [6.07, 6.45) is 7.72. The Kier molecular flexibility index (Phi) is 8.34. The van der Waals surface area contributed by atoms with Crippen LogP contribution in [0.25, 0.3) is 0 Å². The van der Waals surface area contributed by atoms with Crippen LogP contribution in [0.2, 0.25) is 0 Å². The summed E-state index contributed by atoms with van der Waals surface area (Å²) in [4.78, 5) is 9.76. The molecule has 0 aliphatic heterocycles. The number of nitrogens with zero attached hydrogens (tertiary/aromatic N) is 2.